The van der Waals surface area contributed by atoms with Crippen molar-refractivity contribution in [2.45, 2.75) is 33.1 Å². The van der Waals surface area contributed by atoms with Crippen LogP contribution in [0.25, 0.3) is 0 Å². The first-order chi connectivity index (χ1) is 15.0. The number of benzene rings is 2. The van der Waals surface area contributed by atoms with E-state index in [1.165, 1.54) is 11.1 Å². The van der Waals surface area contributed by atoms with Crippen LogP contribution in [0.5, 0.6) is 11.5 Å². The Hall–Kier alpha value is -2.93. The van der Waals surface area contributed by atoms with Crippen LogP contribution in [-0.2, 0) is 12.4 Å². The van der Waals surface area contributed by atoms with Gasteiger partial charge in [-0.1, -0.05) is 35.0 Å². The second-order valence-corrected chi connectivity index (χ2v) is 8.36. The summed E-state index contributed by atoms with van der Waals surface area (Å²) in [5.74, 6) is 3.44. The minimum absolute atomic E-state index is 0.133. The van der Waals surface area contributed by atoms with Crippen molar-refractivity contribution < 1.29 is 18.8 Å². The number of carbonyl (C=O) groups is 1. The highest BCUT2D eigenvalue weighted by atomic mass is 32.2. The molecule has 0 saturated heterocycles. The third-order valence-electron chi connectivity index (χ3n) is 4.90. The van der Waals surface area contributed by atoms with Crippen molar-refractivity contribution in [1.29, 1.82) is 0 Å². The smallest absolute Gasteiger partial charge is 0.251 e. The van der Waals surface area contributed by atoms with Crippen molar-refractivity contribution in [2.75, 3.05) is 19.4 Å². The molecule has 1 N–H and O–H groups in total. The van der Waals surface area contributed by atoms with Crippen molar-refractivity contribution in [3.05, 3.63) is 76.2 Å². The van der Waals surface area contributed by atoms with Gasteiger partial charge in [-0.15, -0.1) is 0 Å². The summed E-state index contributed by atoms with van der Waals surface area (Å²) in [6, 6.07) is 13.7. The monoisotopic (exact) mass is 440 g/mol. The standard InChI is InChI=1S/C24H28N2O4S/c1-16-5-7-19(8-6-16)15-31-12-11-25-24(27)20-9-10-22(23(13-20)28-4)29-14-21-17(2)26-30-18(21)3/h5-10,13H,11-12,14-15H2,1-4H3,(H,25,27). The Bertz CT molecular complexity index is 995. The van der Waals surface area contributed by atoms with Crippen LogP contribution in [0.15, 0.2) is 47.0 Å². The second-order valence-electron chi connectivity index (χ2n) is 7.25. The molecule has 1 heterocycles. The van der Waals surface area contributed by atoms with E-state index in [1.54, 1.807) is 37.1 Å². The first-order valence-corrected chi connectivity index (χ1v) is 11.3. The summed E-state index contributed by atoms with van der Waals surface area (Å²) in [6.07, 6.45) is 0. The zero-order chi connectivity index (χ0) is 22.2. The molecule has 2 aromatic carbocycles. The van der Waals surface area contributed by atoms with Gasteiger partial charge in [0, 0.05) is 23.6 Å². The van der Waals surface area contributed by atoms with E-state index in [4.69, 9.17) is 14.0 Å². The summed E-state index contributed by atoms with van der Waals surface area (Å²) in [7, 11) is 1.56. The minimum atomic E-state index is -0.133. The Balaban J connectivity index is 1.48. The van der Waals surface area contributed by atoms with Crippen LogP contribution >= 0.6 is 11.8 Å². The molecule has 0 aliphatic rings. The number of nitrogens with zero attached hydrogens (tertiary/aromatic N) is 1. The van der Waals surface area contributed by atoms with Gasteiger partial charge in [0.1, 0.15) is 12.4 Å². The SMILES string of the molecule is COc1cc(C(=O)NCCSCc2ccc(C)cc2)ccc1OCc1c(C)noc1C. The Labute approximate surface area is 187 Å². The van der Waals surface area contributed by atoms with E-state index in [-0.39, 0.29) is 5.91 Å². The first-order valence-electron chi connectivity index (χ1n) is 10.1. The van der Waals surface area contributed by atoms with Crippen LogP contribution in [-0.4, -0.2) is 30.5 Å². The molecular weight excluding hydrogens is 412 g/mol. The van der Waals surface area contributed by atoms with Gasteiger partial charge in [-0.2, -0.15) is 11.8 Å². The van der Waals surface area contributed by atoms with Gasteiger partial charge in [-0.05, 0) is 44.5 Å². The lowest BCUT2D eigenvalue weighted by atomic mass is 10.2. The molecule has 1 amide bonds. The minimum Gasteiger partial charge on any atom is -0.493 e. The summed E-state index contributed by atoms with van der Waals surface area (Å²) >= 11 is 1.79. The molecule has 6 nitrogen and oxygen atoms in total. The molecule has 3 rings (SSSR count). The van der Waals surface area contributed by atoms with Gasteiger partial charge in [0.2, 0.25) is 0 Å². The largest absolute Gasteiger partial charge is 0.493 e. The first kappa shape index (κ1) is 22.7. The van der Waals surface area contributed by atoms with Gasteiger partial charge in [0.05, 0.1) is 18.4 Å². The average Bonchev–Trinajstić information content (AvgIpc) is 3.10. The lowest BCUT2D eigenvalue weighted by molar-refractivity contribution is 0.0955. The molecule has 0 radical (unpaired) electrons. The molecule has 0 saturated carbocycles. The molecule has 0 fully saturated rings. The number of carbonyl (C=O) groups excluding carboxylic acids is 1. The fraction of sp³-hybridized carbons (Fsp3) is 0.333. The van der Waals surface area contributed by atoms with E-state index in [0.717, 1.165) is 28.5 Å². The molecule has 0 unspecified atom stereocenters. The third kappa shape index (κ3) is 6.28. The summed E-state index contributed by atoms with van der Waals surface area (Å²) in [5.41, 5.74) is 4.79. The van der Waals surface area contributed by atoms with Gasteiger partial charge >= 0.3 is 0 Å². The number of rotatable bonds is 10. The topological polar surface area (TPSA) is 73.6 Å². The zero-order valence-electron chi connectivity index (χ0n) is 18.4. The molecule has 31 heavy (non-hydrogen) atoms. The van der Waals surface area contributed by atoms with Crippen molar-refractivity contribution in [3.63, 3.8) is 0 Å². The maximum absolute atomic E-state index is 12.5. The van der Waals surface area contributed by atoms with E-state index in [2.05, 4.69) is 41.7 Å². The Kier molecular flexibility index (Phi) is 8.00. The fourth-order valence-corrected chi connectivity index (χ4v) is 3.82. The summed E-state index contributed by atoms with van der Waals surface area (Å²) in [4.78, 5) is 12.5. The van der Waals surface area contributed by atoms with Crippen LogP contribution in [0, 0.1) is 20.8 Å². The van der Waals surface area contributed by atoms with Crippen molar-refractivity contribution in [1.82, 2.24) is 10.5 Å². The van der Waals surface area contributed by atoms with Crippen LogP contribution in [0.1, 0.15) is 38.5 Å². The van der Waals surface area contributed by atoms with E-state index in [9.17, 15) is 4.79 Å². The maximum atomic E-state index is 12.5. The van der Waals surface area contributed by atoms with Crippen LogP contribution in [0.3, 0.4) is 0 Å². The van der Waals surface area contributed by atoms with Crippen molar-refractivity contribution in [2.24, 2.45) is 0 Å². The summed E-state index contributed by atoms with van der Waals surface area (Å²) in [5, 5.41) is 6.89. The number of hydrogen-bond acceptors (Lipinski definition) is 6. The molecule has 0 spiro atoms. The number of hydrogen-bond donors (Lipinski definition) is 1. The molecule has 0 bridgehead atoms. The highest BCUT2D eigenvalue weighted by Crippen LogP contribution is 2.29. The van der Waals surface area contributed by atoms with Crippen molar-refractivity contribution in [3.8, 4) is 11.5 Å². The molecule has 7 heteroatoms. The Morgan fingerprint density at radius 3 is 2.55 bits per heavy atom. The Morgan fingerprint density at radius 1 is 1.10 bits per heavy atom. The molecule has 164 valence electrons. The second kappa shape index (κ2) is 10.9. The lowest BCUT2D eigenvalue weighted by Gasteiger charge is -2.12. The zero-order valence-corrected chi connectivity index (χ0v) is 19.2. The number of aromatic nitrogens is 1. The van der Waals surface area contributed by atoms with Gasteiger partial charge < -0.3 is 19.3 Å². The molecule has 0 aliphatic heterocycles. The molecule has 0 aliphatic carbocycles. The average molecular weight is 441 g/mol. The maximum Gasteiger partial charge on any atom is 0.251 e. The van der Waals surface area contributed by atoms with Crippen LogP contribution in [0.2, 0.25) is 0 Å². The number of nitrogens with one attached hydrogen (secondary N) is 1. The number of ether oxygens (including phenoxy) is 2. The number of thioether (sulfide) groups is 1. The van der Waals surface area contributed by atoms with Crippen molar-refractivity contribution >= 4 is 17.7 Å². The van der Waals surface area contributed by atoms with Crippen LogP contribution < -0.4 is 14.8 Å². The van der Waals surface area contributed by atoms with Gasteiger partial charge in [-0.3, -0.25) is 4.79 Å². The predicted octanol–water partition coefficient (Wildman–Crippen LogP) is 4.85. The van der Waals surface area contributed by atoms with E-state index in [0.29, 0.717) is 30.2 Å². The lowest BCUT2D eigenvalue weighted by Crippen LogP contribution is -2.25. The highest BCUT2D eigenvalue weighted by Gasteiger charge is 2.14. The third-order valence-corrected chi connectivity index (χ3v) is 5.93. The molecule has 0 atom stereocenters. The normalized spacial score (nSPS) is 10.7. The van der Waals surface area contributed by atoms with Gasteiger partial charge in [0.15, 0.2) is 11.5 Å². The van der Waals surface area contributed by atoms with Gasteiger partial charge in [-0.25, -0.2) is 0 Å². The van der Waals surface area contributed by atoms with E-state index >= 15 is 0 Å². The van der Waals surface area contributed by atoms with E-state index < -0.39 is 0 Å². The van der Waals surface area contributed by atoms with Gasteiger partial charge in [0.25, 0.3) is 5.91 Å². The van der Waals surface area contributed by atoms with Crippen LogP contribution in [0.4, 0.5) is 0 Å². The molecular formula is C24H28N2O4S. The fourth-order valence-electron chi connectivity index (χ4n) is 3.00. The Morgan fingerprint density at radius 2 is 1.87 bits per heavy atom. The number of amides is 1. The number of methoxy groups -OCH3 is 1. The molecule has 3 aromatic rings. The summed E-state index contributed by atoms with van der Waals surface area (Å²) in [6.45, 7) is 6.73. The predicted molar refractivity (Wildman–Crippen MR) is 123 cm³/mol. The number of aryl methyl sites for hydroxylation is 3. The summed E-state index contributed by atoms with van der Waals surface area (Å²) < 4.78 is 16.4. The molecule has 1 aromatic heterocycles. The highest BCUT2D eigenvalue weighted by molar-refractivity contribution is 7.98. The van der Waals surface area contributed by atoms with E-state index in [1.807, 2.05) is 13.8 Å². The quantitative estimate of drug-likeness (QED) is 0.454.